The van der Waals surface area contributed by atoms with Crippen LogP contribution in [0.15, 0.2) is 42.6 Å². The number of halogens is 3. The first-order valence-electron chi connectivity index (χ1n) is 9.20. The zero-order valence-corrected chi connectivity index (χ0v) is 15.7. The van der Waals surface area contributed by atoms with Crippen LogP contribution in [0.5, 0.6) is 0 Å². The van der Waals surface area contributed by atoms with Crippen molar-refractivity contribution in [3.8, 4) is 5.69 Å². The van der Waals surface area contributed by atoms with Crippen LogP contribution < -0.4 is 5.32 Å². The second-order valence-electron chi connectivity index (χ2n) is 6.55. The second-order valence-corrected chi connectivity index (χ2v) is 6.55. The minimum atomic E-state index is -4.81. The van der Waals surface area contributed by atoms with Crippen molar-refractivity contribution in [2.45, 2.75) is 32.4 Å². The summed E-state index contributed by atoms with van der Waals surface area (Å²) in [5.74, 6) is -1.33. The van der Waals surface area contributed by atoms with E-state index in [0.717, 1.165) is 19.0 Å². The monoisotopic (exact) mass is 407 g/mol. The number of benzene rings is 1. The Morgan fingerprint density at radius 3 is 2.55 bits per heavy atom. The average Bonchev–Trinajstić information content (AvgIpc) is 3.15. The summed E-state index contributed by atoms with van der Waals surface area (Å²) in [7, 11) is 0. The normalized spacial score (nSPS) is 16.5. The van der Waals surface area contributed by atoms with Crippen molar-refractivity contribution in [2.75, 3.05) is 11.9 Å². The third-order valence-corrected chi connectivity index (χ3v) is 4.55. The summed E-state index contributed by atoms with van der Waals surface area (Å²) in [4.78, 5) is 24.1. The number of nitrogens with zero attached hydrogens (tertiary/aromatic N) is 2. The molecular weight excluding hydrogens is 387 g/mol. The first-order valence-corrected chi connectivity index (χ1v) is 9.20. The number of alkyl halides is 3. The van der Waals surface area contributed by atoms with Crippen LogP contribution in [0.1, 0.15) is 42.2 Å². The third-order valence-electron chi connectivity index (χ3n) is 4.55. The molecule has 9 heteroatoms. The second kappa shape index (κ2) is 8.50. The maximum atomic E-state index is 13.6. The highest BCUT2D eigenvalue weighted by Crippen LogP contribution is 2.34. The first kappa shape index (κ1) is 20.6. The molecule has 1 aromatic carbocycles. The Morgan fingerprint density at radius 1 is 1.24 bits per heavy atom. The maximum absolute atomic E-state index is 13.6. The molecule has 1 aliphatic carbocycles. The molecule has 3 rings (SSSR count). The molecule has 1 N–H and O–H groups in total. The molecule has 0 bridgehead atoms. The molecular formula is C20H20F3N3O3. The van der Waals surface area contributed by atoms with E-state index in [4.69, 9.17) is 0 Å². The van der Waals surface area contributed by atoms with Crippen LogP contribution >= 0.6 is 0 Å². The van der Waals surface area contributed by atoms with E-state index in [-0.39, 0.29) is 24.1 Å². The molecule has 1 aromatic heterocycles. The van der Waals surface area contributed by atoms with Gasteiger partial charge in [-0.3, -0.25) is 4.79 Å². The van der Waals surface area contributed by atoms with Crippen LogP contribution in [-0.2, 0) is 15.7 Å². The summed E-state index contributed by atoms with van der Waals surface area (Å²) in [6.07, 6.45) is 2.31. The van der Waals surface area contributed by atoms with Gasteiger partial charge in [-0.15, -0.1) is 0 Å². The summed E-state index contributed by atoms with van der Waals surface area (Å²) in [5.41, 5.74) is -1.28. The largest absolute Gasteiger partial charge is 0.462 e. The van der Waals surface area contributed by atoms with Crippen molar-refractivity contribution in [3.05, 3.63) is 53.9 Å². The SMILES string of the molecule is CCOC(=O)c1cnn(-c2ccc(NC(=O)C3CC=CCC3)cc2)c1C(F)(F)F. The molecule has 0 saturated carbocycles. The molecule has 1 heterocycles. The number of esters is 1. The van der Waals surface area contributed by atoms with E-state index in [0.29, 0.717) is 16.8 Å². The molecule has 1 aliphatic rings. The lowest BCUT2D eigenvalue weighted by atomic mass is 9.93. The van der Waals surface area contributed by atoms with Gasteiger partial charge in [-0.2, -0.15) is 18.3 Å². The lowest BCUT2D eigenvalue weighted by Crippen LogP contribution is -2.23. The number of amides is 1. The number of anilines is 1. The maximum Gasteiger partial charge on any atom is 0.434 e. The number of allylic oxidation sites excluding steroid dienone is 2. The van der Waals surface area contributed by atoms with Crippen LogP contribution in [0.25, 0.3) is 5.69 Å². The summed E-state index contributed by atoms with van der Waals surface area (Å²) in [6.45, 7) is 1.46. The molecule has 0 fully saturated rings. The van der Waals surface area contributed by atoms with Gasteiger partial charge in [0.05, 0.1) is 18.5 Å². The fourth-order valence-corrected chi connectivity index (χ4v) is 3.14. The highest BCUT2D eigenvalue weighted by atomic mass is 19.4. The summed E-state index contributed by atoms with van der Waals surface area (Å²) < 4.78 is 46.0. The first-order chi connectivity index (χ1) is 13.8. The molecule has 2 aromatic rings. The van der Waals surface area contributed by atoms with E-state index < -0.39 is 23.4 Å². The number of hydrogen-bond acceptors (Lipinski definition) is 4. The molecule has 0 spiro atoms. The molecule has 0 aliphatic heterocycles. The lowest BCUT2D eigenvalue weighted by molar-refractivity contribution is -0.143. The van der Waals surface area contributed by atoms with Crippen LogP contribution in [0.3, 0.4) is 0 Å². The fraction of sp³-hybridized carbons (Fsp3) is 0.350. The number of carbonyl (C=O) groups is 2. The summed E-state index contributed by atoms with van der Waals surface area (Å²) in [5, 5.41) is 6.50. The molecule has 1 atom stereocenters. The van der Waals surface area contributed by atoms with E-state index in [9.17, 15) is 22.8 Å². The zero-order chi connectivity index (χ0) is 21.0. The molecule has 0 saturated heterocycles. The van der Waals surface area contributed by atoms with Gasteiger partial charge in [0, 0.05) is 11.6 Å². The minimum Gasteiger partial charge on any atom is -0.462 e. The Morgan fingerprint density at radius 2 is 1.97 bits per heavy atom. The molecule has 1 amide bonds. The van der Waals surface area contributed by atoms with Gasteiger partial charge in [0.1, 0.15) is 5.56 Å². The van der Waals surface area contributed by atoms with Crippen molar-refractivity contribution in [2.24, 2.45) is 5.92 Å². The van der Waals surface area contributed by atoms with Gasteiger partial charge < -0.3 is 10.1 Å². The van der Waals surface area contributed by atoms with E-state index in [1.54, 1.807) is 0 Å². The highest BCUT2D eigenvalue weighted by molar-refractivity contribution is 5.93. The van der Waals surface area contributed by atoms with Crippen molar-refractivity contribution in [3.63, 3.8) is 0 Å². The van der Waals surface area contributed by atoms with Crippen molar-refractivity contribution in [1.29, 1.82) is 0 Å². The van der Waals surface area contributed by atoms with Gasteiger partial charge in [-0.25, -0.2) is 9.48 Å². The van der Waals surface area contributed by atoms with E-state index >= 15 is 0 Å². The quantitative estimate of drug-likeness (QED) is 0.590. The Labute approximate surface area is 165 Å². The van der Waals surface area contributed by atoms with Gasteiger partial charge in [0.15, 0.2) is 5.69 Å². The molecule has 6 nitrogen and oxygen atoms in total. The van der Waals surface area contributed by atoms with Crippen LogP contribution in [-0.4, -0.2) is 28.3 Å². The third kappa shape index (κ3) is 4.67. The fourth-order valence-electron chi connectivity index (χ4n) is 3.14. The van der Waals surface area contributed by atoms with Crippen LogP contribution in [0.4, 0.5) is 18.9 Å². The molecule has 0 radical (unpaired) electrons. The number of hydrogen-bond donors (Lipinski definition) is 1. The Balaban J connectivity index is 1.83. The van der Waals surface area contributed by atoms with Gasteiger partial charge in [-0.1, -0.05) is 12.2 Å². The topological polar surface area (TPSA) is 73.2 Å². The summed E-state index contributed by atoms with van der Waals surface area (Å²) >= 11 is 0. The Kier molecular flexibility index (Phi) is 6.05. The highest BCUT2D eigenvalue weighted by Gasteiger charge is 2.41. The van der Waals surface area contributed by atoms with Gasteiger partial charge >= 0.3 is 12.1 Å². The number of carbonyl (C=O) groups excluding carboxylic acids is 2. The van der Waals surface area contributed by atoms with Crippen LogP contribution in [0.2, 0.25) is 0 Å². The Bertz CT molecular complexity index is 917. The minimum absolute atomic E-state index is 0.0491. The standard InChI is InChI=1S/C20H20F3N3O3/c1-2-29-19(28)16-12-24-26(17(16)20(21,22)23)15-10-8-14(9-11-15)25-18(27)13-6-4-3-5-7-13/h3-4,8-13H,2,5-7H2,1H3,(H,25,27). The van der Waals surface area contributed by atoms with E-state index in [2.05, 4.69) is 15.2 Å². The van der Waals surface area contributed by atoms with Gasteiger partial charge in [0.25, 0.3) is 0 Å². The zero-order valence-electron chi connectivity index (χ0n) is 15.7. The lowest BCUT2D eigenvalue weighted by Gasteiger charge is -2.17. The number of ether oxygens (including phenoxy) is 1. The van der Waals surface area contributed by atoms with Crippen molar-refractivity contribution < 1.29 is 27.5 Å². The predicted molar refractivity (Wildman–Crippen MR) is 99.6 cm³/mol. The predicted octanol–water partition coefficient (Wildman–Crippen LogP) is 4.36. The average molecular weight is 407 g/mol. The summed E-state index contributed by atoms with van der Waals surface area (Å²) in [6, 6.07) is 5.79. The van der Waals surface area contributed by atoms with E-state index in [1.165, 1.54) is 31.2 Å². The van der Waals surface area contributed by atoms with Crippen molar-refractivity contribution in [1.82, 2.24) is 9.78 Å². The number of rotatable bonds is 5. The molecule has 29 heavy (non-hydrogen) atoms. The van der Waals surface area contributed by atoms with E-state index in [1.807, 2.05) is 12.2 Å². The smallest absolute Gasteiger partial charge is 0.434 e. The number of nitrogens with one attached hydrogen (secondary N) is 1. The number of aromatic nitrogens is 2. The van der Waals surface area contributed by atoms with Gasteiger partial charge in [0.2, 0.25) is 5.91 Å². The Hall–Kier alpha value is -3.10. The molecule has 154 valence electrons. The molecule has 1 unspecified atom stereocenters. The van der Waals surface area contributed by atoms with Crippen LogP contribution in [0, 0.1) is 5.92 Å². The van der Waals surface area contributed by atoms with Crippen molar-refractivity contribution >= 4 is 17.6 Å². The van der Waals surface area contributed by atoms with Gasteiger partial charge in [-0.05, 0) is 50.5 Å².